The molecule has 0 saturated carbocycles. The van der Waals surface area contributed by atoms with Gasteiger partial charge in [0.1, 0.15) is 12.0 Å². The second-order valence-corrected chi connectivity index (χ2v) is 5.52. The smallest absolute Gasteiger partial charge is 0.200 e. The van der Waals surface area contributed by atoms with Crippen LogP contribution in [-0.2, 0) is 0 Å². The molecule has 5 heteroatoms. The molecule has 0 N–H and O–H groups in total. The van der Waals surface area contributed by atoms with Gasteiger partial charge in [-0.2, -0.15) is 0 Å². The molecule has 3 aromatic rings. The summed E-state index contributed by atoms with van der Waals surface area (Å²) in [6.07, 6.45) is 4.01. The Balaban J connectivity index is 2.22. The van der Waals surface area contributed by atoms with Crippen molar-refractivity contribution < 1.29 is 13.9 Å². The van der Waals surface area contributed by atoms with Gasteiger partial charge in [0.25, 0.3) is 0 Å². The topological polar surface area (TPSA) is 61.6 Å². The Morgan fingerprint density at radius 2 is 2.08 bits per heavy atom. The van der Waals surface area contributed by atoms with Crippen LogP contribution >= 0.6 is 0 Å². The summed E-state index contributed by atoms with van der Waals surface area (Å²) in [4.78, 5) is 17.1. The number of pyridine rings is 1. The summed E-state index contributed by atoms with van der Waals surface area (Å²) in [6.45, 7) is 4.44. The Hall–Kier alpha value is -2.82. The Kier molecular flexibility index (Phi) is 4.51. The Labute approximate surface area is 139 Å². The number of ether oxygens (including phenoxy) is 2. The number of rotatable bonds is 5. The lowest BCUT2D eigenvalue weighted by Gasteiger charge is -2.11. The van der Waals surface area contributed by atoms with Crippen LogP contribution in [0.1, 0.15) is 19.0 Å². The maximum absolute atomic E-state index is 12.9. The fraction of sp³-hybridized carbons (Fsp3) is 0.263. The minimum atomic E-state index is -0.123. The van der Waals surface area contributed by atoms with Gasteiger partial charge >= 0.3 is 0 Å². The quantitative estimate of drug-likeness (QED) is 0.710. The molecule has 0 aliphatic carbocycles. The first-order chi connectivity index (χ1) is 11.6. The number of hydrogen-bond donors (Lipinski definition) is 0. The van der Waals surface area contributed by atoms with E-state index in [1.54, 1.807) is 31.5 Å². The van der Waals surface area contributed by atoms with Crippen LogP contribution in [-0.4, -0.2) is 18.7 Å². The minimum Gasteiger partial charge on any atom is -0.497 e. The number of benzene rings is 1. The van der Waals surface area contributed by atoms with E-state index in [2.05, 4.69) is 4.98 Å². The van der Waals surface area contributed by atoms with Crippen molar-refractivity contribution >= 4 is 11.0 Å². The highest BCUT2D eigenvalue weighted by molar-refractivity contribution is 5.87. The highest BCUT2D eigenvalue weighted by atomic mass is 16.5. The maximum Gasteiger partial charge on any atom is 0.200 e. The van der Waals surface area contributed by atoms with Crippen LogP contribution in [0.4, 0.5) is 0 Å². The van der Waals surface area contributed by atoms with Crippen LogP contribution in [0.25, 0.3) is 22.1 Å². The molecule has 0 atom stereocenters. The van der Waals surface area contributed by atoms with Gasteiger partial charge in [0.15, 0.2) is 11.3 Å². The van der Waals surface area contributed by atoms with Crippen LogP contribution in [0.3, 0.4) is 0 Å². The lowest BCUT2D eigenvalue weighted by molar-refractivity contribution is 0.313. The molecule has 0 bridgehead atoms. The average Bonchev–Trinajstić information content (AvgIpc) is 2.60. The molecule has 1 aromatic carbocycles. The van der Waals surface area contributed by atoms with Gasteiger partial charge in [-0.15, -0.1) is 0 Å². The molecule has 0 radical (unpaired) electrons. The van der Waals surface area contributed by atoms with E-state index in [4.69, 9.17) is 13.9 Å². The molecule has 0 aliphatic heterocycles. The summed E-state index contributed by atoms with van der Waals surface area (Å²) in [5, 5.41) is 0.437. The summed E-state index contributed by atoms with van der Waals surface area (Å²) < 4.78 is 16.7. The second-order valence-electron chi connectivity index (χ2n) is 5.52. The highest BCUT2D eigenvalue weighted by Gasteiger charge is 2.15. The van der Waals surface area contributed by atoms with Crippen molar-refractivity contribution in [2.24, 2.45) is 0 Å². The van der Waals surface area contributed by atoms with Gasteiger partial charge in [-0.1, -0.05) is 6.92 Å². The van der Waals surface area contributed by atoms with Gasteiger partial charge in [0.05, 0.1) is 24.7 Å². The zero-order valence-corrected chi connectivity index (χ0v) is 14.0. The Morgan fingerprint density at radius 1 is 1.25 bits per heavy atom. The van der Waals surface area contributed by atoms with Crippen LogP contribution in [0.15, 0.2) is 45.9 Å². The number of methoxy groups -OCH3 is 1. The van der Waals surface area contributed by atoms with Crippen LogP contribution in [0.2, 0.25) is 0 Å². The predicted molar refractivity (Wildman–Crippen MR) is 92.8 cm³/mol. The van der Waals surface area contributed by atoms with Crippen LogP contribution < -0.4 is 14.9 Å². The van der Waals surface area contributed by atoms with Crippen molar-refractivity contribution in [2.75, 3.05) is 13.7 Å². The van der Waals surface area contributed by atoms with E-state index in [0.29, 0.717) is 34.6 Å². The SMILES string of the molecule is CCCOc1cc(OC)cc2c(=O)c(-c3ccnc(C)c3)coc12. The molecule has 0 fully saturated rings. The van der Waals surface area contributed by atoms with Gasteiger partial charge in [-0.3, -0.25) is 9.78 Å². The first-order valence-corrected chi connectivity index (χ1v) is 7.83. The van der Waals surface area contributed by atoms with Crippen molar-refractivity contribution in [3.8, 4) is 22.6 Å². The minimum absolute atomic E-state index is 0.123. The van der Waals surface area contributed by atoms with E-state index >= 15 is 0 Å². The standard InChI is InChI=1S/C19H19NO4/c1-4-7-23-17-10-14(22-3)9-15-18(21)16(11-24-19(15)17)13-5-6-20-12(2)8-13/h5-6,8-11H,4,7H2,1-3H3. The molecule has 2 heterocycles. The number of aromatic nitrogens is 1. The van der Waals surface area contributed by atoms with Gasteiger partial charge < -0.3 is 13.9 Å². The van der Waals surface area contributed by atoms with Crippen LogP contribution in [0.5, 0.6) is 11.5 Å². The first kappa shape index (κ1) is 16.1. The number of aryl methyl sites for hydroxylation is 1. The van der Waals surface area contributed by atoms with Gasteiger partial charge in [-0.05, 0) is 37.1 Å². The van der Waals surface area contributed by atoms with E-state index in [0.717, 1.165) is 17.7 Å². The van der Waals surface area contributed by atoms with Crippen LogP contribution in [0, 0.1) is 6.92 Å². The summed E-state index contributed by atoms with van der Waals surface area (Å²) in [7, 11) is 1.56. The van der Waals surface area contributed by atoms with Crippen molar-refractivity contribution in [3.63, 3.8) is 0 Å². The highest BCUT2D eigenvalue weighted by Crippen LogP contribution is 2.31. The number of hydrogen-bond acceptors (Lipinski definition) is 5. The largest absolute Gasteiger partial charge is 0.497 e. The molecule has 0 saturated heterocycles. The average molecular weight is 325 g/mol. The third kappa shape index (κ3) is 2.97. The summed E-state index contributed by atoms with van der Waals surface area (Å²) in [6, 6.07) is 7.06. The molecular weight excluding hydrogens is 306 g/mol. The molecule has 0 unspecified atom stereocenters. The molecule has 24 heavy (non-hydrogen) atoms. The monoisotopic (exact) mass is 325 g/mol. The first-order valence-electron chi connectivity index (χ1n) is 7.83. The zero-order chi connectivity index (χ0) is 17.1. The normalized spacial score (nSPS) is 10.8. The van der Waals surface area contributed by atoms with Crippen molar-refractivity contribution in [2.45, 2.75) is 20.3 Å². The summed E-state index contributed by atoms with van der Waals surface area (Å²) in [5.74, 6) is 1.07. The molecule has 0 spiro atoms. The van der Waals surface area contributed by atoms with Crippen molar-refractivity contribution in [1.29, 1.82) is 0 Å². The van der Waals surface area contributed by atoms with Crippen molar-refractivity contribution in [3.05, 3.63) is 52.6 Å². The molecular formula is C19H19NO4. The molecule has 0 aliphatic rings. The van der Waals surface area contributed by atoms with Gasteiger partial charge in [0, 0.05) is 18.0 Å². The number of nitrogens with zero attached hydrogens (tertiary/aromatic N) is 1. The van der Waals surface area contributed by atoms with E-state index in [9.17, 15) is 4.79 Å². The summed E-state index contributed by atoms with van der Waals surface area (Å²) in [5.41, 5.74) is 2.41. The third-order valence-corrected chi connectivity index (χ3v) is 3.72. The van der Waals surface area contributed by atoms with E-state index in [1.165, 1.54) is 6.26 Å². The lowest BCUT2D eigenvalue weighted by Crippen LogP contribution is -2.07. The van der Waals surface area contributed by atoms with Gasteiger partial charge in [-0.25, -0.2) is 0 Å². The third-order valence-electron chi connectivity index (χ3n) is 3.72. The summed E-state index contributed by atoms with van der Waals surface area (Å²) >= 11 is 0. The molecule has 124 valence electrons. The van der Waals surface area contributed by atoms with Crippen molar-refractivity contribution in [1.82, 2.24) is 4.98 Å². The zero-order valence-electron chi connectivity index (χ0n) is 14.0. The fourth-order valence-corrected chi connectivity index (χ4v) is 2.53. The Bertz CT molecular complexity index is 930. The Morgan fingerprint density at radius 3 is 2.79 bits per heavy atom. The lowest BCUT2D eigenvalue weighted by atomic mass is 10.1. The second kappa shape index (κ2) is 6.74. The molecule has 3 rings (SSSR count). The molecule has 5 nitrogen and oxygen atoms in total. The maximum atomic E-state index is 12.9. The van der Waals surface area contributed by atoms with E-state index in [-0.39, 0.29) is 5.43 Å². The molecule has 2 aromatic heterocycles. The molecule has 0 amide bonds. The predicted octanol–water partition coefficient (Wildman–Crippen LogP) is 3.96. The van der Waals surface area contributed by atoms with Gasteiger partial charge in [0.2, 0.25) is 5.43 Å². The van der Waals surface area contributed by atoms with E-state index in [1.807, 2.05) is 19.9 Å². The van der Waals surface area contributed by atoms with E-state index < -0.39 is 0 Å². The number of fused-ring (bicyclic) bond motifs is 1. The fourth-order valence-electron chi connectivity index (χ4n) is 2.53.